The van der Waals surface area contributed by atoms with Gasteiger partial charge in [0, 0.05) is 16.2 Å². The first-order valence-corrected chi connectivity index (χ1v) is 7.20. The summed E-state index contributed by atoms with van der Waals surface area (Å²) in [6.07, 6.45) is 0.956. The Morgan fingerprint density at radius 3 is 2.68 bits per heavy atom. The third-order valence-corrected chi connectivity index (χ3v) is 3.66. The van der Waals surface area contributed by atoms with E-state index in [1.165, 1.54) is 11.6 Å². The summed E-state index contributed by atoms with van der Waals surface area (Å²) < 4.78 is 14.3. The molecule has 1 N–H and O–H groups in total. The third-order valence-electron chi connectivity index (χ3n) is 3.17. The molecule has 2 aromatic carbocycles. The molecule has 100 valence electrons. The first-order valence-electron chi connectivity index (χ1n) is 6.40. The summed E-state index contributed by atoms with van der Waals surface area (Å²) in [6, 6.07) is 13.0. The summed E-state index contributed by atoms with van der Waals surface area (Å²) in [5.74, 6) is -0.197. The van der Waals surface area contributed by atoms with Gasteiger partial charge in [0.05, 0.1) is 0 Å². The largest absolute Gasteiger partial charge is 0.378 e. The molecular weight excluding hydrogens is 305 g/mol. The molecule has 0 heterocycles. The molecule has 0 radical (unpaired) electrons. The smallest absolute Gasteiger partial charge is 0.123 e. The van der Waals surface area contributed by atoms with Crippen LogP contribution in [0.5, 0.6) is 0 Å². The highest BCUT2D eigenvalue weighted by molar-refractivity contribution is 9.10. The Morgan fingerprint density at radius 2 is 2.00 bits per heavy atom. The van der Waals surface area contributed by atoms with Crippen LogP contribution in [0, 0.1) is 5.82 Å². The van der Waals surface area contributed by atoms with Crippen molar-refractivity contribution < 1.29 is 4.39 Å². The van der Waals surface area contributed by atoms with E-state index >= 15 is 0 Å². The maximum atomic E-state index is 13.2. The molecule has 0 aromatic heterocycles. The van der Waals surface area contributed by atoms with Crippen molar-refractivity contribution in [3.05, 3.63) is 63.9 Å². The van der Waals surface area contributed by atoms with Crippen molar-refractivity contribution in [2.45, 2.75) is 26.3 Å². The fourth-order valence-electron chi connectivity index (χ4n) is 2.09. The van der Waals surface area contributed by atoms with E-state index in [4.69, 9.17) is 0 Å². The van der Waals surface area contributed by atoms with Crippen molar-refractivity contribution in [2.24, 2.45) is 0 Å². The number of hydrogen-bond acceptors (Lipinski definition) is 1. The topological polar surface area (TPSA) is 12.0 Å². The Kier molecular flexibility index (Phi) is 4.59. The van der Waals surface area contributed by atoms with Gasteiger partial charge >= 0.3 is 0 Å². The van der Waals surface area contributed by atoms with Crippen LogP contribution >= 0.6 is 15.9 Å². The lowest BCUT2D eigenvalue weighted by Crippen LogP contribution is -2.08. The molecule has 0 bridgehead atoms. The van der Waals surface area contributed by atoms with Crippen LogP contribution < -0.4 is 5.32 Å². The highest BCUT2D eigenvalue weighted by atomic mass is 79.9. The van der Waals surface area contributed by atoms with Gasteiger partial charge in [0.1, 0.15) is 5.82 Å². The first kappa shape index (κ1) is 14.1. The van der Waals surface area contributed by atoms with E-state index in [9.17, 15) is 4.39 Å². The van der Waals surface area contributed by atoms with Crippen molar-refractivity contribution in [3.63, 3.8) is 0 Å². The third kappa shape index (κ3) is 3.57. The van der Waals surface area contributed by atoms with Crippen molar-refractivity contribution in [1.82, 2.24) is 0 Å². The summed E-state index contributed by atoms with van der Waals surface area (Å²) in [4.78, 5) is 0. The zero-order chi connectivity index (χ0) is 13.8. The van der Waals surface area contributed by atoms with Crippen molar-refractivity contribution >= 4 is 21.6 Å². The standard InChI is InChI=1S/C16H17BrFN/c1-3-12-9-14(17)7-8-16(12)19-11(2)13-5-4-6-15(18)10-13/h4-11,19H,3H2,1-2H3. The lowest BCUT2D eigenvalue weighted by Gasteiger charge is -2.18. The van der Waals surface area contributed by atoms with Gasteiger partial charge in [-0.15, -0.1) is 0 Å². The van der Waals surface area contributed by atoms with Crippen LogP contribution in [0.2, 0.25) is 0 Å². The van der Waals surface area contributed by atoms with Crippen LogP contribution in [0.4, 0.5) is 10.1 Å². The molecule has 0 fully saturated rings. The van der Waals surface area contributed by atoms with Gasteiger partial charge in [0.2, 0.25) is 0 Å². The zero-order valence-electron chi connectivity index (χ0n) is 11.1. The van der Waals surface area contributed by atoms with E-state index in [-0.39, 0.29) is 11.9 Å². The van der Waals surface area contributed by atoms with Gasteiger partial charge in [-0.3, -0.25) is 0 Å². The highest BCUT2D eigenvalue weighted by Crippen LogP contribution is 2.26. The van der Waals surface area contributed by atoms with Crippen LogP contribution in [-0.4, -0.2) is 0 Å². The molecule has 1 nitrogen and oxygen atoms in total. The molecular formula is C16H17BrFN. The van der Waals surface area contributed by atoms with Gasteiger partial charge in [0.15, 0.2) is 0 Å². The maximum absolute atomic E-state index is 13.2. The predicted molar refractivity (Wildman–Crippen MR) is 82.0 cm³/mol. The summed E-state index contributed by atoms with van der Waals surface area (Å²) >= 11 is 3.48. The number of benzene rings is 2. The quantitative estimate of drug-likeness (QED) is 0.803. The summed E-state index contributed by atoms with van der Waals surface area (Å²) in [7, 11) is 0. The molecule has 0 aliphatic rings. The summed E-state index contributed by atoms with van der Waals surface area (Å²) in [5.41, 5.74) is 3.30. The van der Waals surface area contributed by atoms with Crippen molar-refractivity contribution in [2.75, 3.05) is 5.32 Å². The van der Waals surface area contributed by atoms with Gasteiger partial charge in [0.25, 0.3) is 0 Å². The van der Waals surface area contributed by atoms with Gasteiger partial charge in [-0.2, -0.15) is 0 Å². The van der Waals surface area contributed by atoms with Gasteiger partial charge in [-0.25, -0.2) is 4.39 Å². The molecule has 2 aromatic rings. The summed E-state index contributed by atoms with van der Waals surface area (Å²) in [6.45, 7) is 4.16. The molecule has 0 spiro atoms. The van der Waals surface area contributed by atoms with E-state index < -0.39 is 0 Å². The van der Waals surface area contributed by atoms with Crippen molar-refractivity contribution in [3.8, 4) is 0 Å². The van der Waals surface area contributed by atoms with Crippen LogP contribution in [0.1, 0.15) is 31.0 Å². The minimum atomic E-state index is -0.197. The van der Waals surface area contributed by atoms with E-state index in [1.807, 2.05) is 19.1 Å². The Hall–Kier alpha value is -1.35. The number of hydrogen-bond donors (Lipinski definition) is 1. The maximum Gasteiger partial charge on any atom is 0.123 e. The summed E-state index contributed by atoms with van der Waals surface area (Å²) in [5, 5.41) is 3.44. The Morgan fingerprint density at radius 1 is 1.21 bits per heavy atom. The molecule has 2 rings (SSSR count). The number of rotatable bonds is 4. The first-order chi connectivity index (χ1) is 9.10. The molecule has 0 amide bonds. The molecule has 0 aliphatic carbocycles. The molecule has 1 atom stereocenters. The Bertz CT molecular complexity index is 568. The predicted octanol–water partition coefficient (Wildman–Crippen LogP) is 5.32. The molecule has 0 saturated carbocycles. The fourth-order valence-corrected chi connectivity index (χ4v) is 2.50. The minimum Gasteiger partial charge on any atom is -0.378 e. The second-order valence-electron chi connectivity index (χ2n) is 4.58. The second-order valence-corrected chi connectivity index (χ2v) is 5.49. The van der Waals surface area contributed by atoms with Crippen LogP contribution in [-0.2, 0) is 6.42 Å². The normalized spacial score (nSPS) is 12.2. The van der Waals surface area contributed by atoms with E-state index in [0.29, 0.717) is 0 Å². The molecule has 0 saturated heterocycles. The number of aryl methyl sites for hydroxylation is 1. The number of nitrogens with one attached hydrogen (secondary N) is 1. The lowest BCUT2D eigenvalue weighted by molar-refractivity contribution is 0.623. The minimum absolute atomic E-state index is 0.0715. The monoisotopic (exact) mass is 321 g/mol. The second kappa shape index (κ2) is 6.20. The van der Waals surface area contributed by atoms with E-state index in [2.05, 4.69) is 40.3 Å². The van der Waals surface area contributed by atoms with Crippen LogP contribution in [0.15, 0.2) is 46.9 Å². The average Bonchev–Trinajstić information content (AvgIpc) is 2.40. The fraction of sp³-hybridized carbons (Fsp3) is 0.250. The molecule has 3 heteroatoms. The Balaban J connectivity index is 2.21. The SMILES string of the molecule is CCc1cc(Br)ccc1NC(C)c1cccc(F)c1. The number of halogens is 2. The number of anilines is 1. The highest BCUT2D eigenvalue weighted by Gasteiger charge is 2.08. The van der Waals surface area contributed by atoms with Crippen LogP contribution in [0.25, 0.3) is 0 Å². The van der Waals surface area contributed by atoms with Gasteiger partial charge in [-0.1, -0.05) is 35.0 Å². The Labute approximate surface area is 122 Å². The molecule has 1 unspecified atom stereocenters. The average molecular weight is 322 g/mol. The van der Waals surface area contributed by atoms with Crippen LogP contribution in [0.3, 0.4) is 0 Å². The zero-order valence-corrected chi connectivity index (χ0v) is 12.7. The molecule has 19 heavy (non-hydrogen) atoms. The van der Waals surface area contributed by atoms with Gasteiger partial charge < -0.3 is 5.32 Å². The lowest BCUT2D eigenvalue weighted by atomic mass is 10.1. The molecule has 0 aliphatic heterocycles. The van der Waals surface area contributed by atoms with Gasteiger partial charge in [-0.05, 0) is 54.8 Å². The van der Waals surface area contributed by atoms with Crippen molar-refractivity contribution in [1.29, 1.82) is 0 Å². The van der Waals surface area contributed by atoms with E-state index in [0.717, 1.165) is 22.1 Å². The van der Waals surface area contributed by atoms with E-state index in [1.54, 1.807) is 12.1 Å².